The molecule has 3 rings (SSSR count). The zero-order chi connectivity index (χ0) is 16.9. The Balaban J connectivity index is 1.63. The van der Waals surface area contributed by atoms with Crippen LogP contribution >= 0.6 is 22.9 Å². The maximum absolute atomic E-state index is 10.7. The molecule has 0 aliphatic heterocycles. The summed E-state index contributed by atoms with van der Waals surface area (Å²) in [7, 11) is 0. The number of carboxylic acids is 1. The average molecular weight is 360 g/mol. The zero-order valence-corrected chi connectivity index (χ0v) is 14.2. The minimum Gasteiger partial charge on any atom is -0.486 e. The van der Waals surface area contributed by atoms with Gasteiger partial charge in [-0.2, -0.15) is 0 Å². The fourth-order valence-corrected chi connectivity index (χ4v) is 3.13. The standard InChI is InChI=1S/C18H14ClNO3S/c19-15-4-2-1-3-14(15)16-11-24-17(20-16)10-23-13-7-5-12(6-8-13)9-18(21)22/h1-8,11H,9-10H2,(H,21,22). The van der Waals surface area contributed by atoms with Gasteiger partial charge in [0, 0.05) is 16.0 Å². The van der Waals surface area contributed by atoms with Crippen LogP contribution in [0.2, 0.25) is 5.02 Å². The van der Waals surface area contributed by atoms with Crippen molar-refractivity contribution in [1.82, 2.24) is 4.98 Å². The monoisotopic (exact) mass is 359 g/mol. The lowest BCUT2D eigenvalue weighted by atomic mass is 10.1. The van der Waals surface area contributed by atoms with E-state index in [9.17, 15) is 4.79 Å². The van der Waals surface area contributed by atoms with Crippen LogP contribution in [0.5, 0.6) is 5.75 Å². The molecular formula is C18H14ClNO3S. The lowest BCUT2D eigenvalue weighted by molar-refractivity contribution is -0.136. The van der Waals surface area contributed by atoms with Crippen LogP contribution in [0.25, 0.3) is 11.3 Å². The number of aliphatic carboxylic acids is 1. The summed E-state index contributed by atoms with van der Waals surface area (Å²) in [5.41, 5.74) is 2.48. The Morgan fingerprint density at radius 1 is 1.17 bits per heavy atom. The lowest BCUT2D eigenvalue weighted by Crippen LogP contribution is -2.00. The van der Waals surface area contributed by atoms with Crippen molar-refractivity contribution in [3.05, 3.63) is 69.5 Å². The summed E-state index contributed by atoms with van der Waals surface area (Å²) in [4.78, 5) is 15.2. The molecule has 0 spiro atoms. The topological polar surface area (TPSA) is 59.4 Å². The molecule has 0 aliphatic rings. The number of hydrogen-bond donors (Lipinski definition) is 1. The first kappa shape index (κ1) is 16.5. The van der Waals surface area contributed by atoms with E-state index in [1.165, 1.54) is 11.3 Å². The second-order valence-corrected chi connectivity index (χ2v) is 6.46. The van der Waals surface area contributed by atoms with E-state index in [-0.39, 0.29) is 6.42 Å². The van der Waals surface area contributed by atoms with Crippen LogP contribution < -0.4 is 4.74 Å². The van der Waals surface area contributed by atoms with E-state index in [2.05, 4.69) is 4.98 Å². The molecular weight excluding hydrogens is 346 g/mol. The number of thiazole rings is 1. The predicted molar refractivity (Wildman–Crippen MR) is 94.7 cm³/mol. The molecule has 0 fully saturated rings. The lowest BCUT2D eigenvalue weighted by Gasteiger charge is -2.05. The van der Waals surface area contributed by atoms with Gasteiger partial charge in [0.2, 0.25) is 0 Å². The molecule has 0 aliphatic carbocycles. The summed E-state index contributed by atoms with van der Waals surface area (Å²) >= 11 is 7.69. The number of rotatable bonds is 6. The molecule has 0 radical (unpaired) electrons. The summed E-state index contributed by atoms with van der Waals surface area (Å²) in [5.74, 6) is -0.169. The van der Waals surface area contributed by atoms with Gasteiger partial charge >= 0.3 is 5.97 Å². The van der Waals surface area contributed by atoms with Crippen molar-refractivity contribution in [2.45, 2.75) is 13.0 Å². The predicted octanol–water partition coefficient (Wildman–Crippen LogP) is 4.67. The largest absolute Gasteiger partial charge is 0.486 e. The van der Waals surface area contributed by atoms with Gasteiger partial charge in [-0.05, 0) is 23.8 Å². The van der Waals surface area contributed by atoms with Crippen LogP contribution in [0.3, 0.4) is 0 Å². The summed E-state index contributed by atoms with van der Waals surface area (Å²) in [6.45, 7) is 0.355. The van der Waals surface area contributed by atoms with Gasteiger partial charge in [-0.3, -0.25) is 4.79 Å². The Kier molecular flexibility index (Phi) is 5.13. The van der Waals surface area contributed by atoms with Gasteiger partial charge in [0.25, 0.3) is 0 Å². The van der Waals surface area contributed by atoms with Gasteiger partial charge in [-0.25, -0.2) is 4.98 Å². The number of halogens is 1. The Labute approximate surface area is 148 Å². The van der Waals surface area contributed by atoms with Crippen molar-refractivity contribution in [2.24, 2.45) is 0 Å². The molecule has 0 atom stereocenters. The highest BCUT2D eigenvalue weighted by atomic mass is 35.5. The van der Waals surface area contributed by atoms with Crippen LogP contribution in [0.4, 0.5) is 0 Å². The van der Waals surface area contributed by atoms with Crippen molar-refractivity contribution in [3.8, 4) is 17.0 Å². The zero-order valence-electron chi connectivity index (χ0n) is 12.6. The van der Waals surface area contributed by atoms with Gasteiger partial charge in [0.1, 0.15) is 17.4 Å². The van der Waals surface area contributed by atoms with Crippen LogP contribution in [0.1, 0.15) is 10.6 Å². The SMILES string of the molecule is O=C(O)Cc1ccc(OCc2nc(-c3ccccc3Cl)cs2)cc1. The number of nitrogens with zero attached hydrogens (tertiary/aromatic N) is 1. The number of ether oxygens (including phenoxy) is 1. The number of carbonyl (C=O) groups is 1. The van der Waals surface area contributed by atoms with Crippen molar-refractivity contribution < 1.29 is 14.6 Å². The Bertz CT molecular complexity index is 845. The molecule has 0 amide bonds. The van der Waals surface area contributed by atoms with E-state index >= 15 is 0 Å². The van der Waals surface area contributed by atoms with Crippen LogP contribution in [0.15, 0.2) is 53.9 Å². The highest BCUT2D eigenvalue weighted by molar-refractivity contribution is 7.09. The number of hydrogen-bond acceptors (Lipinski definition) is 4. The maximum Gasteiger partial charge on any atom is 0.307 e. The highest BCUT2D eigenvalue weighted by Gasteiger charge is 2.08. The Morgan fingerprint density at radius 2 is 1.92 bits per heavy atom. The van der Waals surface area contributed by atoms with Crippen LogP contribution in [-0.2, 0) is 17.8 Å². The Morgan fingerprint density at radius 3 is 2.62 bits per heavy atom. The molecule has 2 aromatic carbocycles. The summed E-state index contributed by atoms with van der Waals surface area (Å²) in [6.07, 6.45) is 0.00789. The molecule has 1 heterocycles. The first-order valence-corrected chi connectivity index (χ1v) is 8.50. The molecule has 0 saturated heterocycles. The molecule has 0 unspecified atom stereocenters. The van der Waals surface area contributed by atoms with E-state index in [1.807, 2.05) is 29.6 Å². The minimum absolute atomic E-state index is 0.00789. The highest BCUT2D eigenvalue weighted by Crippen LogP contribution is 2.28. The normalized spacial score (nSPS) is 10.5. The second kappa shape index (κ2) is 7.47. The van der Waals surface area contributed by atoms with Gasteiger partial charge in [0.05, 0.1) is 12.1 Å². The van der Waals surface area contributed by atoms with Crippen molar-refractivity contribution in [2.75, 3.05) is 0 Å². The van der Waals surface area contributed by atoms with Crippen molar-refractivity contribution in [3.63, 3.8) is 0 Å². The molecule has 0 saturated carbocycles. The molecule has 1 aromatic heterocycles. The molecule has 3 aromatic rings. The van der Waals surface area contributed by atoms with Crippen LogP contribution in [-0.4, -0.2) is 16.1 Å². The van der Waals surface area contributed by atoms with Crippen molar-refractivity contribution >= 4 is 28.9 Å². The van der Waals surface area contributed by atoms with Crippen molar-refractivity contribution in [1.29, 1.82) is 0 Å². The van der Waals surface area contributed by atoms with E-state index in [0.29, 0.717) is 17.4 Å². The minimum atomic E-state index is -0.849. The first-order chi connectivity index (χ1) is 11.6. The second-order valence-electron chi connectivity index (χ2n) is 5.11. The Hall–Kier alpha value is -2.37. The summed E-state index contributed by atoms with van der Waals surface area (Å²) in [5, 5.41) is 12.2. The molecule has 122 valence electrons. The molecule has 6 heteroatoms. The number of carboxylic acid groups (broad SMARTS) is 1. The molecule has 1 N–H and O–H groups in total. The van der Waals surface area contributed by atoms with E-state index in [1.54, 1.807) is 24.3 Å². The quantitative estimate of drug-likeness (QED) is 0.694. The number of benzene rings is 2. The van der Waals surface area contributed by atoms with Gasteiger partial charge in [-0.15, -0.1) is 11.3 Å². The van der Waals surface area contributed by atoms with E-state index in [0.717, 1.165) is 21.8 Å². The third kappa shape index (κ3) is 4.13. The third-order valence-electron chi connectivity index (χ3n) is 3.34. The average Bonchev–Trinajstić information content (AvgIpc) is 3.03. The third-order valence-corrected chi connectivity index (χ3v) is 4.49. The van der Waals surface area contributed by atoms with Crippen LogP contribution in [0, 0.1) is 0 Å². The molecule has 4 nitrogen and oxygen atoms in total. The number of aromatic nitrogens is 1. The smallest absolute Gasteiger partial charge is 0.307 e. The fraction of sp³-hybridized carbons (Fsp3) is 0.111. The van der Waals surface area contributed by atoms with Gasteiger partial charge < -0.3 is 9.84 Å². The summed E-state index contributed by atoms with van der Waals surface area (Å²) in [6, 6.07) is 14.6. The molecule has 24 heavy (non-hydrogen) atoms. The maximum atomic E-state index is 10.7. The van der Waals surface area contributed by atoms with Gasteiger partial charge in [-0.1, -0.05) is 41.9 Å². The van der Waals surface area contributed by atoms with E-state index in [4.69, 9.17) is 21.4 Å². The fourth-order valence-electron chi connectivity index (χ4n) is 2.19. The van der Waals surface area contributed by atoms with E-state index < -0.39 is 5.97 Å². The van der Waals surface area contributed by atoms with Gasteiger partial charge in [0.15, 0.2) is 0 Å². The first-order valence-electron chi connectivity index (χ1n) is 7.24. The summed E-state index contributed by atoms with van der Waals surface area (Å²) < 4.78 is 5.70. The molecule has 0 bridgehead atoms.